The molecule has 4 heterocycles. The van der Waals surface area contributed by atoms with Gasteiger partial charge in [0.1, 0.15) is 0 Å². The van der Waals surface area contributed by atoms with Gasteiger partial charge in [-0.1, -0.05) is 18.2 Å². The summed E-state index contributed by atoms with van der Waals surface area (Å²) in [6.07, 6.45) is 4.95. The van der Waals surface area contributed by atoms with Crippen molar-refractivity contribution in [3.8, 4) is 11.3 Å². The van der Waals surface area contributed by atoms with Crippen molar-refractivity contribution in [2.45, 2.75) is 18.9 Å². The van der Waals surface area contributed by atoms with Crippen molar-refractivity contribution in [1.82, 2.24) is 20.2 Å². The highest BCUT2D eigenvalue weighted by molar-refractivity contribution is 7.08. The van der Waals surface area contributed by atoms with E-state index in [1.54, 1.807) is 12.4 Å². The molecule has 0 aliphatic carbocycles. The number of amides is 2. The second-order valence-corrected chi connectivity index (χ2v) is 8.65. The second kappa shape index (κ2) is 8.88. The lowest BCUT2D eigenvalue weighted by molar-refractivity contribution is 0.0700. The fourth-order valence-electron chi connectivity index (χ4n) is 4.07. The van der Waals surface area contributed by atoms with Crippen molar-refractivity contribution < 1.29 is 9.59 Å². The lowest BCUT2D eigenvalue weighted by atomic mass is 10.0. The van der Waals surface area contributed by atoms with Crippen LogP contribution in [0.3, 0.4) is 0 Å². The first-order valence-electron chi connectivity index (χ1n) is 10.6. The van der Waals surface area contributed by atoms with E-state index in [0.717, 1.165) is 35.0 Å². The summed E-state index contributed by atoms with van der Waals surface area (Å²) in [4.78, 5) is 36.7. The number of rotatable bonds is 4. The smallest absolute Gasteiger partial charge is 0.254 e. The summed E-state index contributed by atoms with van der Waals surface area (Å²) in [6.45, 7) is 1.21. The van der Waals surface area contributed by atoms with E-state index in [4.69, 9.17) is 4.98 Å². The van der Waals surface area contributed by atoms with E-state index in [2.05, 4.69) is 10.3 Å². The molecule has 160 valence electrons. The molecule has 6 nitrogen and oxygen atoms in total. The Bertz CT molecular complexity index is 1250. The summed E-state index contributed by atoms with van der Waals surface area (Å²) in [6, 6.07) is 15.3. The topological polar surface area (TPSA) is 75.2 Å². The molecule has 1 fully saturated rings. The van der Waals surface area contributed by atoms with Crippen LogP contribution in [-0.2, 0) is 0 Å². The van der Waals surface area contributed by atoms with E-state index in [-0.39, 0.29) is 17.9 Å². The maximum atomic E-state index is 13.5. The minimum absolute atomic E-state index is 0.00338. The van der Waals surface area contributed by atoms with Crippen LogP contribution < -0.4 is 5.32 Å². The number of piperidine rings is 1. The molecule has 1 N–H and O–H groups in total. The number of para-hydroxylation sites is 1. The number of carbonyl (C=O) groups is 2. The first-order chi connectivity index (χ1) is 15.7. The van der Waals surface area contributed by atoms with Crippen LogP contribution in [0.25, 0.3) is 22.2 Å². The second-order valence-electron chi connectivity index (χ2n) is 7.87. The number of hydrogen-bond acceptors (Lipinski definition) is 5. The summed E-state index contributed by atoms with van der Waals surface area (Å²) in [5.41, 5.74) is 3.74. The molecule has 1 aromatic carbocycles. The molecule has 2 amide bonds. The first-order valence-corrected chi connectivity index (χ1v) is 11.6. The minimum Gasteiger partial charge on any atom is -0.349 e. The number of benzene rings is 1. The number of thiophene rings is 1. The van der Waals surface area contributed by atoms with Crippen LogP contribution in [0.5, 0.6) is 0 Å². The molecule has 0 spiro atoms. The molecule has 0 atom stereocenters. The maximum absolute atomic E-state index is 13.5. The van der Waals surface area contributed by atoms with Crippen LogP contribution in [0, 0.1) is 0 Å². The first kappa shape index (κ1) is 20.3. The fraction of sp³-hybridized carbons (Fsp3) is 0.200. The standard InChI is InChI=1S/C25H22N4O2S/c30-24(18-9-13-32-16-18)27-19-7-11-29(12-8-19)25(31)21-14-23(17-4-3-10-26-15-17)28-22-6-2-1-5-20(21)22/h1-6,9-10,13-16,19H,7-8,11-12H2,(H,27,30). The average Bonchev–Trinajstić information content (AvgIpc) is 3.39. The van der Waals surface area contributed by atoms with Gasteiger partial charge in [-0.15, -0.1) is 0 Å². The highest BCUT2D eigenvalue weighted by Crippen LogP contribution is 2.26. The van der Waals surface area contributed by atoms with Crippen molar-refractivity contribution in [1.29, 1.82) is 0 Å². The monoisotopic (exact) mass is 442 g/mol. The zero-order chi connectivity index (χ0) is 21.9. The number of nitrogens with zero attached hydrogens (tertiary/aromatic N) is 3. The van der Waals surface area contributed by atoms with E-state index in [9.17, 15) is 9.59 Å². The molecular weight excluding hydrogens is 420 g/mol. The summed E-state index contributed by atoms with van der Waals surface area (Å²) in [5, 5.41) is 7.69. The quantitative estimate of drug-likeness (QED) is 0.509. The zero-order valence-corrected chi connectivity index (χ0v) is 18.2. The van der Waals surface area contributed by atoms with Crippen molar-refractivity contribution in [2.24, 2.45) is 0 Å². The predicted octanol–water partition coefficient (Wildman–Crippen LogP) is 4.39. The third-order valence-corrected chi connectivity index (χ3v) is 6.49. The van der Waals surface area contributed by atoms with E-state index in [1.807, 2.05) is 64.2 Å². The Balaban J connectivity index is 1.35. The third-order valence-electron chi connectivity index (χ3n) is 5.80. The number of pyridine rings is 2. The van der Waals surface area contributed by atoms with E-state index in [1.165, 1.54) is 11.3 Å². The van der Waals surface area contributed by atoms with Gasteiger partial charge in [-0.3, -0.25) is 14.6 Å². The molecule has 0 radical (unpaired) electrons. The molecule has 0 saturated carbocycles. The van der Waals surface area contributed by atoms with Gasteiger partial charge in [0.05, 0.1) is 16.8 Å². The Kier molecular flexibility index (Phi) is 5.64. The molecule has 4 aromatic rings. The van der Waals surface area contributed by atoms with E-state index in [0.29, 0.717) is 24.2 Å². The van der Waals surface area contributed by atoms with Crippen molar-refractivity contribution in [3.63, 3.8) is 0 Å². The number of fused-ring (bicyclic) bond motifs is 1. The highest BCUT2D eigenvalue weighted by atomic mass is 32.1. The Morgan fingerprint density at radius 1 is 1.06 bits per heavy atom. The Hall–Kier alpha value is -3.58. The van der Waals surface area contributed by atoms with Gasteiger partial charge in [-0.05, 0) is 48.6 Å². The molecular formula is C25H22N4O2S. The van der Waals surface area contributed by atoms with Crippen LogP contribution in [-0.4, -0.2) is 45.8 Å². The number of likely N-dealkylation sites (tertiary alicyclic amines) is 1. The molecule has 3 aromatic heterocycles. The molecule has 0 bridgehead atoms. The lowest BCUT2D eigenvalue weighted by Gasteiger charge is -2.32. The molecule has 1 aliphatic rings. The van der Waals surface area contributed by atoms with Crippen LogP contribution in [0.4, 0.5) is 0 Å². The highest BCUT2D eigenvalue weighted by Gasteiger charge is 2.26. The van der Waals surface area contributed by atoms with Crippen LogP contribution in [0.1, 0.15) is 33.6 Å². The van der Waals surface area contributed by atoms with Gasteiger partial charge in [0.25, 0.3) is 11.8 Å². The molecule has 32 heavy (non-hydrogen) atoms. The number of hydrogen-bond donors (Lipinski definition) is 1. The Morgan fingerprint density at radius 3 is 2.66 bits per heavy atom. The normalized spacial score (nSPS) is 14.4. The van der Waals surface area contributed by atoms with Crippen molar-refractivity contribution >= 4 is 34.1 Å². The maximum Gasteiger partial charge on any atom is 0.254 e. The van der Waals surface area contributed by atoms with Crippen LogP contribution >= 0.6 is 11.3 Å². The number of carbonyl (C=O) groups excluding carboxylic acids is 2. The van der Waals surface area contributed by atoms with Gasteiger partial charge < -0.3 is 10.2 Å². The van der Waals surface area contributed by atoms with Gasteiger partial charge in [0, 0.05) is 53.4 Å². The summed E-state index contributed by atoms with van der Waals surface area (Å²) < 4.78 is 0. The fourth-order valence-corrected chi connectivity index (χ4v) is 4.71. The van der Waals surface area contributed by atoms with Crippen molar-refractivity contribution in [3.05, 3.63) is 82.8 Å². The van der Waals surface area contributed by atoms with Gasteiger partial charge in [-0.25, -0.2) is 4.98 Å². The number of aromatic nitrogens is 2. The molecule has 5 rings (SSSR count). The molecule has 1 saturated heterocycles. The van der Waals surface area contributed by atoms with E-state index >= 15 is 0 Å². The lowest BCUT2D eigenvalue weighted by Crippen LogP contribution is -2.46. The molecule has 0 unspecified atom stereocenters. The van der Waals surface area contributed by atoms with Crippen LogP contribution in [0.15, 0.2) is 71.7 Å². The van der Waals surface area contributed by atoms with Crippen molar-refractivity contribution in [2.75, 3.05) is 13.1 Å². The summed E-state index contributed by atoms with van der Waals surface area (Å²) >= 11 is 1.51. The third kappa shape index (κ3) is 4.11. The minimum atomic E-state index is -0.0442. The summed E-state index contributed by atoms with van der Waals surface area (Å²) in [7, 11) is 0. The Morgan fingerprint density at radius 2 is 1.91 bits per heavy atom. The molecule has 7 heteroatoms. The molecule has 1 aliphatic heterocycles. The average molecular weight is 443 g/mol. The zero-order valence-electron chi connectivity index (χ0n) is 17.4. The predicted molar refractivity (Wildman–Crippen MR) is 126 cm³/mol. The summed E-state index contributed by atoms with van der Waals surface area (Å²) in [5.74, 6) is -0.0476. The van der Waals surface area contributed by atoms with E-state index < -0.39 is 0 Å². The van der Waals surface area contributed by atoms with Crippen LogP contribution in [0.2, 0.25) is 0 Å². The van der Waals surface area contributed by atoms with Gasteiger partial charge in [0.15, 0.2) is 0 Å². The van der Waals surface area contributed by atoms with Gasteiger partial charge in [0.2, 0.25) is 0 Å². The largest absolute Gasteiger partial charge is 0.349 e. The van der Waals surface area contributed by atoms with Gasteiger partial charge >= 0.3 is 0 Å². The SMILES string of the molecule is O=C(NC1CCN(C(=O)c2cc(-c3cccnc3)nc3ccccc23)CC1)c1ccsc1. The van der Waals surface area contributed by atoms with Gasteiger partial charge in [-0.2, -0.15) is 11.3 Å². The Labute approximate surface area is 189 Å². The number of nitrogens with one attached hydrogen (secondary N) is 1.